The van der Waals surface area contributed by atoms with E-state index in [1.807, 2.05) is 0 Å². The molecule has 1 saturated heterocycles. The van der Waals surface area contributed by atoms with Gasteiger partial charge in [0.2, 0.25) is 0 Å². The van der Waals surface area contributed by atoms with Crippen molar-refractivity contribution in [3.05, 3.63) is 16.1 Å². The van der Waals surface area contributed by atoms with E-state index in [0.29, 0.717) is 5.92 Å². The third-order valence-electron chi connectivity index (χ3n) is 3.74. The van der Waals surface area contributed by atoms with Crippen LogP contribution in [0.1, 0.15) is 37.2 Å². The molecule has 1 aromatic rings. The van der Waals surface area contributed by atoms with Crippen LogP contribution in [0.2, 0.25) is 0 Å². The fourth-order valence-electron chi connectivity index (χ4n) is 2.75. The summed E-state index contributed by atoms with van der Waals surface area (Å²) in [6.45, 7) is 3.51. The maximum atomic E-state index is 4.77. The number of hydrogen-bond acceptors (Lipinski definition) is 2. The number of aromatic nitrogens is 2. The van der Waals surface area contributed by atoms with Crippen LogP contribution in [0.4, 0.5) is 0 Å². The van der Waals surface area contributed by atoms with E-state index >= 15 is 0 Å². The average Bonchev–Trinajstić information content (AvgIpc) is 2.87. The molecule has 1 fully saturated rings. The van der Waals surface area contributed by atoms with Crippen molar-refractivity contribution in [2.75, 3.05) is 11.5 Å². The molecule has 16 heavy (non-hydrogen) atoms. The number of halogens is 1. The van der Waals surface area contributed by atoms with Crippen molar-refractivity contribution >= 4 is 27.7 Å². The van der Waals surface area contributed by atoms with Crippen molar-refractivity contribution in [1.82, 2.24) is 9.55 Å². The van der Waals surface area contributed by atoms with Crippen LogP contribution in [0.5, 0.6) is 0 Å². The molecule has 2 nitrogen and oxygen atoms in total. The number of fused-ring (bicyclic) bond motifs is 1. The van der Waals surface area contributed by atoms with Gasteiger partial charge in [-0.3, -0.25) is 0 Å². The van der Waals surface area contributed by atoms with E-state index in [1.54, 1.807) is 0 Å². The van der Waals surface area contributed by atoms with Gasteiger partial charge in [-0.25, -0.2) is 4.98 Å². The van der Waals surface area contributed by atoms with Gasteiger partial charge in [-0.2, -0.15) is 11.8 Å². The van der Waals surface area contributed by atoms with Gasteiger partial charge in [0, 0.05) is 18.2 Å². The molecule has 4 heteroatoms. The predicted octanol–water partition coefficient (Wildman–Crippen LogP) is 3.45. The predicted molar refractivity (Wildman–Crippen MR) is 72.1 cm³/mol. The van der Waals surface area contributed by atoms with Gasteiger partial charge in [0.1, 0.15) is 10.4 Å². The number of thioether (sulfide) groups is 1. The molecule has 2 aliphatic heterocycles. The standard InChI is InChI=1S/C12H17BrN2S/c1-8-2-4-15-10(6-8)11(13)14-12(15)9-3-5-16-7-9/h8-9H,2-7H2,1H3. The number of nitrogens with zero attached hydrogens (tertiary/aromatic N) is 2. The van der Waals surface area contributed by atoms with Gasteiger partial charge in [-0.15, -0.1) is 0 Å². The first-order chi connectivity index (χ1) is 7.75. The maximum absolute atomic E-state index is 4.77. The third-order valence-corrected chi connectivity index (χ3v) is 5.53. The van der Waals surface area contributed by atoms with E-state index in [2.05, 4.69) is 39.2 Å². The topological polar surface area (TPSA) is 17.8 Å². The lowest BCUT2D eigenvalue weighted by Gasteiger charge is -2.23. The van der Waals surface area contributed by atoms with Crippen molar-refractivity contribution in [3.63, 3.8) is 0 Å². The van der Waals surface area contributed by atoms with Crippen molar-refractivity contribution in [3.8, 4) is 0 Å². The van der Waals surface area contributed by atoms with E-state index in [1.165, 1.54) is 48.8 Å². The lowest BCUT2D eigenvalue weighted by Crippen LogP contribution is -2.20. The number of rotatable bonds is 1. The Bertz CT molecular complexity index is 396. The Balaban J connectivity index is 1.97. The molecule has 0 bridgehead atoms. The van der Waals surface area contributed by atoms with Crippen molar-refractivity contribution in [2.24, 2.45) is 5.92 Å². The van der Waals surface area contributed by atoms with Crippen LogP contribution in [0, 0.1) is 5.92 Å². The molecule has 0 N–H and O–H groups in total. The van der Waals surface area contributed by atoms with Gasteiger partial charge in [0.25, 0.3) is 0 Å². The zero-order valence-corrected chi connectivity index (χ0v) is 12.0. The first-order valence-electron chi connectivity index (χ1n) is 6.08. The Hall–Kier alpha value is 0.0400. The van der Waals surface area contributed by atoms with Crippen LogP contribution in [0.3, 0.4) is 0 Å². The van der Waals surface area contributed by atoms with Crippen LogP contribution >= 0.6 is 27.7 Å². The fourth-order valence-corrected chi connectivity index (χ4v) is 4.53. The van der Waals surface area contributed by atoms with Crippen molar-refractivity contribution in [2.45, 2.75) is 38.6 Å². The monoisotopic (exact) mass is 300 g/mol. The molecule has 0 spiro atoms. The Kier molecular flexibility index (Phi) is 3.05. The zero-order valence-electron chi connectivity index (χ0n) is 9.58. The van der Waals surface area contributed by atoms with Crippen LogP contribution in [-0.4, -0.2) is 21.1 Å². The van der Waals surface area contributed by atoms with Gasteiger partial charge in [0.15, 0.2) is 0 Å². The molecule has 1 aromatic heterocycles. The van der Waals surface area contributed by atoms with Crippen LogP contribution in [0.15, 0.2) is 4.60 Å². The summed E-state index contributed by atoms with van der Waals surface area (Å²) in [5, 5.41) is 0. The highest BCUT2D eigenvalue weighted by atomic mass is 79.9. The quantitative estimate of drug-likeness (QED) is 0.790. The normalized spacial score (nSPS) is 29.4. The van der Waals surface area contributed by atoms with Gasteiger partial charge in [-0.05, 0) is 46.9 Å². The molecule has 2 aliphatic rings. The molecular formula is C12H17BrN2S. The van der Waals surface area contributed by atoms with Crippen LogP contribution < -0.4 is 0 Å². The van der Waals surface area contributed by atoms with E-state index in [0.717, 1.165) is 10.5 Å². The number of hydrogen-bond donors (Lipinski definition) is 0. The summed E-state index contributed by atoms with van der Waals surface area (Å²) in [7, 11) is 0. The summed E-state index contributed by atoms with van der Waals surface area (Å²) in [6, 6.07) is 0. The Morgan fingerprint density at radius 3 is 3.06 bits per heavy atom. The van der Waals surface area contributed by atoms with Crippen LogP contribution in [-0.2, 0) is 13.0 Å². The Labute approximate surface area is 109 Å². The minimum absolute atomic E-state index is 0.698. The first kappa shape index (κ1) is 11.1. The van der Waals surface area contributed by atoms with Crippen molar-refractivity contribution < 1.29 is 0 Å². The van der Waals surface area contributed by atoms with Gasteiger partial charge in [0.05, 0.1) is 5.69 Å². The molecular weight excluding hydrogens is 284 g/mol. The fraction of sp³-hybridized carbons (Fsp3) is 0.750. The van der Waals surface area contributed by atoms with Gasteiger partial charge in [-0.1, -0.05) is 6.92 Å². The average molecular weight is 301 g/mol. The van der Waals surface area contributed by atoms with Gasteiger partial charge < -0.3 is 4.57 Å². The van der Waals surface area contributed by atoms with E-state index in [4.69, 9.17) is 4.98 Å². The second kappa shape index (κ2) is 4.37. The molecule has 3 heterocycles. The third kappa shape index (κ3) is 1.84. The van der Waals surface area contributed by atoms with E-state index < -0.39 is 0 Å². The summed E-state index contributed by atoms with van der Waals surface area (Å²) < 4.78 is 3.59. The van der Waals surface area contributed by atoms with E-state index in [-0.39, 0.29) is 0 Å². The van der Waals surface area contributed by atoms with E-state index in [9.17, 15) is 0 Å². The molecule has 0 amide bonds. The summed E-state index contributed by atoms with van der Waals surface area (Å²) in [5.74, 6) is 5.42. The van der Waals surface area contributed by atoms with Crippen LogP contribution in [0.25, 0.3) is 0 Å². The Morgan fingerprint density at radius 2 is 2.31 bits per heavy atom. The second-order valence-electron chi connectivity index (χ2n) is 5.02. The molecule has 0 saturated carbocycles. The summed E-state index contributed by atoms with van der Waals surface area (Å²) in [6.07, 6.45) is 3.80. The van der Waals surface area contributed by atoms with Crippen molar-refractivity contribution in [1.29, 1.82) is 0 Å². The second-order valence-corrected chi connectivity index (χ2v) is 6.92. The molecule has 88 valence electrons. The smallest absolute Gasteiger partial charge is 0.127 e. The summed E-state index contributed by atoms with van der Waals surface area (Å²) in [5.41, 5.74) is 1.44. The largest absolute Gasteiger partial charge is 0.331 e. The summed E-state index contributed by atoms with van der Waals surface area (Å²) >= 11 is 5.71. The summed E-state index contributed by atoms with van der Waals surface area (Å²) in [4.78, 5) is 4.77. The maximum Gasteiger partial charge on any atom is 0.127 e. The highest BCUT2D eigenvalue weighted by Gasteiger charge is 2.28. The molecule has 2 unspecified atom stereocenters. The Morgan fingerprint density at radius 1 is 1.44 bits per heavy atom. The zero-order chi connectivity index (χ0) is 11.1. The minimum atomic E-state index is 0.698. The molecule has 0 aromatic carbocycles. The molecule has 3 rings (SSSR count). The highest BCUT2D eigenvalue weighted by Crippen LogP contribution is 2.36. The molecule has 0 aliphatic carbocycles. The lowest BCUT2D eigenvalue weighted by molar-refractivity contribution is 0.403. The minimum Gasteiger partial charge on any atom is -0.331 e. The number of imidazole rings is 1. The SMILES string of the molecule is CC1CCn2c(C3CCSC3)nc(Br)c2C1. The lowest BCUT2D eigenvalue weighted by atomic mass is 9.98. The molecule has 0 radical (unpaired) electrons. The first-order valence-corrected chi connectivity index (χ1v) is 8.03. The highest BCUT2D eigenvalue weighted by molar-refractivity contribution is 9.10. The van der Waals surface area contributed by atoms with Gasteiger partial charge >= 0.3 is 0 Å². The molecule has 2 atom stereocenters.